The molecule has 1 aromatic carbocycles. The Bertz CT molecular complexity index is 1370. The fourth-order valence-corrected chi connectivity index (χ4v) is 5.20. The lowest BCUT2D eigenvalue weighted by Crippen LogP contribution is -2.49. The minimum absolute atomic E-state index is 0.0141. The Morgan fingerprint density at radius 1 is 1.21 bits per heavy atom. The Kier molecular flexibility index (Phi) is 5.09. The highest BCUT2D eigenvalue weighted by molar-refractivity contribution is 5.96. The van der Waals surface area contributed by atoms with Gasteiger partial charge in [0.15, 0.2) is 0 Å². The van der Waals surface area contributed by atoms with Crippen molar-refractivity contribution in [2.45, 2.75) is 19.3 Å². The third-order valence-corrected chi connectivity index (χ3v) is 7.15. The van der Waals surface area contributed by atoms with Gasteiger partial charge in [-0.3, -0.25) is 9.89 Å². The SMILES string of the molecule is COc1cc2[nH]ncc2cc1Nc1ncnc2[nH]c3c(c12)CC(C(=O)N1CCN(C)CC1)CC3. The van der Waals surface area contributed by atoms with Crippen LogP contribution in [0.1, 0.15) is 17.7 Å². The van der Waals surface area contributed by atoms with E-state index in [0.29, 0.717) is 18.0 Å². The van der Waals surface area contributed by atoms with E-state index >= 15 is 0 Å². The first-order valence-corrected chi connectivity index (χ1v) is 11.7. The topological polar surface area (TPSA) is 115 Å². The number of hydrogen-bond donors (Lipinski definition) is 3. The molecule has 1 aliphatic heterocycles. The predicted molar refractivity (Wildman–Crippen MR) is 129 cm³/mol. The number of H-pyrrole nitrogens is 2. The van der Waals surface area contributed by atoms with Crippen LogP contribution in [0.4, 0.5) is 11.5 Å². The van der Waals surface area contributed by atoms with E-state index < -0.39 is 0 Å². The summed E-state index contributed by atoms with van der Waals surface area (Å²) in [5, 5.41) is 12.5. The molecule has 10 heteroatoms. The highest BCUT2D eigenvalue weighted by Crippen LogP contribution is 2.38. The molecule has 1 atom stereocenters. The van der Waals surface area contributed by atoms with Crippen LogP contribution >= 0.6 is 0 Å². The van der Waals surface area contributed by atoms with Gasteiger partial charge in [-0.25, -0.2) is 9.97 Å². The lowest BCUT2D eigenvalue weighted by atomic mass is 9.85. The first-order chi connectivity index (χ1) is 16.6. The Morgan fingerprint density at radius 2 is 2.06 bits per heavy atom. The van der Waals surface area contributed by atoms with Crippen LogP contribution in [0.25, 0.3) is 21.9 Å². The van der Waals surface area contributed by atoms with Crippen LogP contribution in [0.3, 0.4) is 0 Å². The summed E-state index contributed by atoms with van der Waals surface area (Å²) in [4.78, 5) is 30.1. The number of carbonyl (C=O) groups excluding carboxylic acids is 1. The van der Waals surface area contributed by atoms with Gasteiger partial charge in [-0.15, -0.1) is 0 Å². The smallest absolute Gasteiger partial charge is 0.226 e. The van der Waals surface area contributed by atoms with Crippen LogP contribution < -0.4 is 10.1 Å². The molecule has 0 radical (unpaired) electrons. The molecule has 1 amide bonds. The van der Waals surface area contributed by atoms with Gasteiger partial charge in [0.05, 0.1) is 29.9 Å². The van der Waals surface area contributed by atoms with Crippen LogP contribution in [-0.2, 0) is 17.6 Å². The van der Waals surface area contributed by atoms with Gasteiger partial charge in [0.1, 0.15) is 23.5 Å². The van der Waals surface area contributed by atoms with Gasteiger partial charge >= 0.3 is 0 Å². The number of piperazine rings is 1. The lowest BCUT2D eigenvalue weighted by Gasteiger charge is -2.35. The second-order valence-corrected chi connectivity index (χ2v) is 9.23. The van der Waals surface area contributed by atoms with Crippen LogP contribution in [0.15, 0.2) is 24.7 Å². The number of methoxy groups -OCH3 is 1. The Hall–Kier alpha value is -3.66. The van der Waals surface area contributed by atoms with E-state index in [4.69, 9.17) is 4.74 Å². The zero-order chi connectivity index (χ0) is 23.2. The minimum atomic E-state index is -0.0141. The maximum atomic E-state index is 13.3. The number of aromatic nitrogens is 5. The van der Waals surface area contributed by atoms with E-state index in [0.717, 1.165) is 77.9 Å². The van der Waals surface area contributed by atoms with Crippen molar-refractivity contribution in [2.75, 3.05) is 45.7 Å². The number of hydrogen-bond acceptors (Lipinski definition) is 7. The van der Waals surface area contributed by atoms with E-state index in [9.17, 15) is 4.79 Å². The van der Waals surface area contributed by atoms with E-state index in [1.165, 1.54) is 0 Å². The van der Waals surface area contributed by atoms with Crippen molar-refractivity contribution < 1.29 is 9.53 Å². The summed E-state index contributed by atoms with van der Waals surface area (Å²) in [5.41, 5.74) is 4.78. The quantitative estimate of drug-likeness (QED) is 0.429. The zero-order valence-electron chi connectivity index (χ0n) is 19.4. The molecule has 4 aromatic rings. The van der Waals surface area contributed by atoms with Gasteiger partial charge in [-0.05, 0) is 37.9 Å². The van der Waals surface area contributed by atoms with E-state index in [-0.39, 0.29) is 11.8 Å². The van der Waals surface area contributed by atoms with Crippen molar-refractivity contribution >= 4 is 39.3 Å². The number of amides is 1. The number of likely N-dealkylation sites (N-methyl/N-ethyl adjacent to an activating group) is 1. The standard InChI is InChI=1S/C24H28N8O2/c1-31-5-7-32(8-6-31)24(33)14-3-4-17-16(9-14)21-22(28-17)25-13-26-23(21)29-19-10-15-12-27-30-18(15)11-20(19)34-2/h10-14H,3-9H2,1-2H3,(H,27,30)(H2,25,26,28,29). The molecule has 0 bridgehead atoms. The predicted octanol–water partition coefficient (Wildman–Crippen LogP) is 2.47. The minimum Gasteiger partial charge on any atom is -0.494 e. The highest BCUT2D eigenvalue weighted by Gasteiger charge is 2.32. The number of nitrogens with zero attached hydrogens (tertiary/aromatic N) is 5. The average Bonchev–Trinajstić information content (AvgIpc) is 3.47. The van der Waals surface area contributed by atoms with E-state index in [2.05, 4.69) is 42.4 Å². The van der Waals surface area contributed by atoms with Crippen LogP contribution in [0.5, 0.6) is 5.75 Å². The number of ether oxygens (including phenoxy) is 1. The molecule has 0 saturated carbocycles. The van der Waals surface area contributed by atoms with E-state index in [1.807, 2.05) is 17.0 Å². The molecule has 3 aromatic heterocycles. The molecule has 34 heavy (non-hydrogen) atoms. The fourth-order valence-electron chi connectivity index (χ4n) is 5.20. The molecule has 10 nitrogen and oxygen atoms in total. The molecule has 1 aliphatic carbocycles. The normalized spacial score (nSPS) is 18.9. The molecule has 2 aliphatic rings. The highest BCUT2D eigenvalue weighted by atomic mass is 16.5. The molecule has 1 unspecified atom stereocenters. The molecular formula is C24H28N8O2. The van der Waals surface area contributed by atoms with Gasteiger partial charge in [0.25, 0.3) is 0 Å². The lowest BCUT2D eigenvalue weighted by molar-refractivity contribution is -0.137. The third kappa shape index (κ3) is 3.54. The van der Waals surface area contributed by atoms with Crippen molar-refractivity contribution in [1.82, 2.24) is 34.9 Å². The second-order valence-electron chi connectivity index (χ2n) is 9.23. The van der Waals surface area contributed by atoms with Crippen molar-refractivity contribution in [1.29, 1.82) is 0 Å². The summed E-state index contributed by atoms with van der Waals surface area (Å²) in [5.74, 6) is 1.65. The average molecular weight is 461 g/mol. The number of carbonyl (C=O) groups is 1. The zero-order valence-corrected chi connectivity index (χ0v) is 19.4. The monoisotopic (exact) mass is 460 g/mol. The maximum absolute atomic E-state index is 13.3. The number of aromatic amines is 2. The molecule has 1 saturated heterocycles. The first-order valence-electron chi connectivity index (χ1n) is 11.7. The summed E-state index contributed by atoms with van der Waals surface area (Å²) in [6, 6.07) is 3.91. The maximum Gasteiger partial charge on any atom is 0.226 e. The van der Waals surface area contributed by atoms with Crippen LogP contribution in [0.2, 0.25) is 0 Å². The number of fused-ring (bicyclic) bond motifs is 4. The van der Waals surface area contributed by atoms with Gasteiger partial charge in [0, 0.05) is 49.2 Å². The van der Waals surface area contributed by atoms with Crippen molar-refractivity contribution in [3.8, 4) is 5.75 Å². The van der Waals surface area contributed by atoms with Gasteiger partial charge < -0.3 is 24.8 Å². The van der Waals surface area contributed by atoms with E-state index in [1.54, 1.807) is 19.6 Å². The van der Waals surface area contributed by atoms with Gasteiger partial charge in [-0.2, -0.15) is 5.10 Å². The molecular weight excluding hydrogens is 432 g/mol. The van der Waals surface area contributed by atoms with Crippen molar-refractivity contribution in [2.24, 2.45) is 5.92 Å². The first kappa shape index (κ1) is 20.9. The molecule has 0 spiro atoms. The Labute approximate surface area is 196 Å². The summed E-state index contributed by atoms with van der Waals surface area (Å²) in [6.07, 6.45) is 5.72. The van der Waals surface area contributed by atoms with Crippen molar-refractivity contribution in [3.63, 3.8) is 0 Å². The summed E-state index contributed by atoms with van der Waals surface area (Å²) < 4.78 is 5.61. The molecule has 6 rings (SSSR count). The number of rotatable bonds is 4. The molecule has 3 N–H and O–H groups in total. The fraction of sp³-hybridized carbons (Fsp3) is 0.417. The third-order valence-electron chi connectivity index (χ3n) is 7.15. The Balaban J connectivity index is 1.33. The summed E-state index contributed by atoms with van der Waals surface area (Å²) in [7, 11) is 3.75. The summed E-state index contributed by atoms with van der Waals surface area (Å²) in [6.45, 7) is 3.47. The largest absolute Gasteiger partial charge is 0.494 e. The number of aryl methyl sites for hydroxylation is 1. The number of anilines is 2. The number of benzene rings is 1. The molecule has 1 fully saturated rings. The Morgan fingerprint density at radius 3 is 2.88 bits per heavy atom. The van der Waals surface area contributed by atoms with Crippen molar-refractivity contribution in [3.05, 3.63) is 35.9 Å². The van der Waals surface area contributed by atoms with Gasteiger partial charge in [-0.1, -0.05) is 0 Å². The second kappa shape index (κ2) is 8.28. The number of nitrogens with one attached hydrogen (secondary N) is 3. The molecule has 176 valence electrons. The van der Waals surface area contributed by atoms with Gasteiger partial charge in [0.2, 0.25) is 5.91 Å². The molecule has 4 heterocycles. The van der Waals surface area contributed by atoms with Crippen LogP contribution in [0, 0.1) is 5.92 Å². The van der Waals surface area contributed by atoms with Crippen LogP contribution in [-0.4, -0.2) is 81.2 Å². The summed E-state index contributed by atoms with van der Waals surface area (Å²) >= 11 is 0.